The fourth-order valence-electron chi connectivity index (χ4n) is 3.93. The predicted octanol–water partition coefficient (Wildman–Crippen LogP) is 5.09. The highest BCUT2D eigenvalue weighted by Crippen LogP contribution is 2.43. The van der Waals surface area contributed by atoms with Crippen molar-refractivity contribution in [2.45, 2.75) is 33.7 Å². The number of para-hydroxylation sites is 1. The normalized spacial score (nSPS) is 16.8. The topological polar surface area (TPSA) is 80.2 Å². The molecule has 0 fully saturated rings. The van der Waals surface area contributed by atoms with Gasteiger partial charge < -0.3 is 19.7 Å². The van der Waals surface area contributed by atoms with Gasteiger partial charge in [-0.1, -0.05) is 42.1 Å². The van der Waals surface area contributed by atoms with E-state index in [2.05, 4.69) is 10.3 Å². The average molecular weight is 478 g/mol. The van der Waals surface area contributed by atoms with Gasteiger partial charge >= 0.3 is 5.97 Å². The maximum Gasteiger partial charge on any atom is 0.338 e. The number of aryl methyl sites for hydroxylation is 1. The molecule has 2 aliphatic heterocycles. The molecule has 8 heteroatoms. The number of carbonyl (C=O) groups excluding carboxylic acids is 2. The molecule has 176 valence electrons. The third-order valence-corrected chi connectivity index (χ3v) is 6.54. The molecule has 4 rings (SSSR count). The third kappa shape index (κ3) is 4.72. The summed E-state index contributed by atoms with van der Waals surface area (Å²) in [5.74, 6) is -0.159. The van der Waals surface area contributed by atoms with E-state index in [1.165, 1.54) is 11.8 Å². The lowest BCUT2D eigenvalue weighted by Gasteiger charge is -2.34. The first-order chi connectivity index (χ1) is 16.4. The van der Waals surface area contributed by atoms with Crippen molar-refractivity contribution in [1.29, 1.82) is 0 Å². The molecule has 2 aliphatic rings. The fourth-order valence-corrected chi connectivity index (χ4v) is 4.72. The average Bonchev–Trinajstić information content (AvgIpc) is 3.28. The van der Waals surface area contributed by atoms with Crippen LogP contribution in [0.15, 0.2) is 70.3 Å². The number of esters is 1. The highest BCUT2D eigenvalue weighted by molar-refractivity contribution is 8.16. The van der Waals surface area contributed by atoms with Gasteiger partial charge in [-0.2, -0.15) is 0 Å². The van der Waals surface area contributed by atoms with Crippen LogP contribution in [0.5, 0.6) is 5.75 Å². The summed E-state index contributed by atoms with van der Waals surface area (Å²) in [6, 6.07) is 12.7. The number of rotatable bonds is 7. The van der Waals surface area contributed by atoms with Crippen LogP contribution >= 0.6 is 11.8 Å². The van der Waals surface area contributed by atoms with Crippen LogP contribution in [0.3, 0.4) is 0 Å². The van der Waals surface area contributed by atoms with Crippen molar-refractivity contribution >= 4 is 34.5 Å². The molecule has 1 atom stereocenters. The Labute approximate surface area is 203 Å². The summed E-state index contributed by atoms with van der Waals surface area (Å²) < 4.78 is 11.3. The van der Waals surface area contributed by atoms with Gasteiger partial charge in [0.2, 0.25) is 0 Å². The lowest BCUT2D eigenvalue weighted by Crippen LogP contribution is -2.34. The van der Waals surface area contributed by atoms with E-state index in [1.54, 1.807) is 13.0 Å². The summed E-state index contributed by atoms with van der Waals surface area (Å²) in [5, 5.41) is 5.62. The highest BCUT2D eigenvalue weighted by Gasteiger charge is 2.38. The molecule has 0 aromatic heterocycles. The van der Waals surface area contributed by atoms with Gasteiger partial charge in [0.15, 0.2) is 11.8 Å². The molecular formula is C26H27N3O4S. The zero-order valence-electron chi connectivity index (χ0n) is 19.6. The number of nitrogens with zero attached hydrogens (tertiary/aromatic N) is 2. The Hall–Kier alpha value is -3.52. The zero-order chi connectivity index (χ0) is 24.2. The number of amidine groups is 1. The molecule has 0 radical (unpaired) electrons. The molecule has 34 heavy (non-hydrogen) atoms. The summed E-state index contributed by atoms with van der Waals surface area (Å²) in [7, 11) is 0. The van der Waals surface area contributed by atoms with Gasteiger partial charge in [0.1, 0.15) is 5.75 Å². The van der Waals surface area contributed by atoms with Crippen LogP contribution in [-0.2, 0) is 14.3 Å². The third-order valence-electron chi connectivity index (χ3n) is 5.77. The largest absolute Gasteiger partial charge is 0.483 e. The van der Waals surface area contributed by atoms with Crippen molar-refractivity contribution in [3.8, 4) is 5.75 Å². The quantitative estimate of drug-likeness (QED) is 0.560. The maximum atomic E-state index is 12.9. The molecule has 0 bridgehead atoms. The minimum absolute atomic E-state index is 0.167. The monoisotopic (exact) mass is 477 g/mol. The van der Waals surface area contributed by atoms with E-state index < -0.39 is 12.0 Å². The van der Waals surface area contributed by atoms with Crippen molar-refractivity contribution in [3.05, 3.63) is 82.0 Å². The fraction of sp³-hybridized carbons (Fsp3) is 0.269. The zero-order valence-corrected chi connectivity index (χ0v) is 20.4. The van der Waals surface area contributed by atoms with Gasteiger partial charge in [-0.05, 0) is 56.4 Å². The Morgan fingerprint density at radius 3 is 2.71 bits per heavy atom. The lowest BCUT2D eigenvalue weighted by atomic mass is 9.94. The van der Waals surface area contributed by atoms with E-state index >= 15 is 0 Å². The molecule has 0 unspecified atom stereocenters. The molecule has 2 aromatic carbocycles. The van der Waals surface area contributed by atoms with E-state index in [9.17, 15) is 9.59 Å². The van der Waals surface area contributed by atoms with Crippen LogP contribution in [0.4, 0.5) is 5.69 Å². The van der Waals surface area contributed by atoms with Crippen LogP contribution < -0.4 is 10.1 Å². The Kier molecular flexibility index (Phi) is 7.07. The molecule has 1 N–H and O–H groups in total. The van der Waals surface area contributed by atoms with E-state index in [0.29, 0.717) is 17.0 Å². The van der Waals surface area contributed by atoms with Crippen molar-refractivity contribution in [2.24, 2.45) is 4.99 Å². The Morgan fingerprint density at radius 1 is 1.12 bits per heavy atom. The van der Waals surface area contributed by atoms with Crippen LogP contribution in [0.25, 0.3) is 0 Å². The number of carbonyl (C=O) groups is 2. The van der Waals surface area contributed by atoms with Crippen molar-refractivity contribution in [2.75, 3.05) is 18.5 Å². The molecule has 7 nitrogen and oxygen atoms in total. The number of hydrogen-bond acceptors (Lipinski definition) is 7. The molecule has 0 saturated heterocycles. The van der Waals surface area contributed by atoms with Crippen LogP contribution in [0, 0.1) is 13.8 Å². The summed E-state index contributed by atoms with van der Waals surface area (Å²) in [5.41, 5.74) is 4.69. The van der Waals surface area contributed by atoms with Gasteiger partial charge in [0.05, 0.1) is 23.9 Å². The second-order valence-electron chi connectivity index (χ2n) is 7.95. The van der Waals surface area contributed by atoms with Gasteiger partial charge in [0, 0.05) is 17.5 Å². The number of ether oxygens (including phenoxy) is 2. The molecule has 1 amide bonds. The van der Waals surface area contributed by atoms with Crippen molar-refractivity contribution < 1.29 is 19.1 Å². The first-order valence-electron chi connectivity index (χ1n) is 11.1. The number of allylic oxidation sites excluding steroid dienone is 1. The summed E-state index contributed by atoms with van der Waals surface area (Å²) in [6.45, 7) is 7.65. The van der Waals surface area contributed by atoms with Gasteiger partial charge in [0.25, 0.3) is 5.91 Å². The number of amides is 1. The number of aliphatic imine (C=N–C) groups is 1. The van der Waals surface area contributed by atoms with E-state index in [-0.39, 0.29) is 19.1 Å². The van der Waals surface area contributed by atoms with E-state index in [1.807, 2.05) is 73.7 Å². The van der Waals surface area contributed by atoms with Gasteiger partial charge in [-0.25, -0.2) is 9.79 Å². The summed E-state index contributed by atoms with van der Waals surface area (Å²) in [6.07, 6.45) is 1.89. The Morgan fingerprint density at radius 2 is 1.91 bits per heavy atom. The lowest BCUT2D eigenvalue weighted by molar-refractivity contribution is -0.139. The molecule has 2 aromatic rings. The number of fused-ring (bicyclic) bond motifs is 1. The van der Waals surface area contributed by atoms with Gasteiger partial charge in [-0.3, -0.25) is 4.79 Å². The summed E-state index contributed by atoms with van der Waals surface area (Å²) >= 11 is 1.49. The second-order valence-corrected chi connectivity index (χ2v) is 8.82. The predicted molar refractivity (Wildman–Crippen MR) is 135 cm³/mol. The standard InChI is InChI=1S/C26H27N3O4S/c1-5-32-25(31)23-18(4)27-26-29(13-14-34-26)24(23)19-10-6-7-12-21(19)33-15-22(30)28-20-11-8-9-16(2)17(20)3/h6-14,24H,5,15H2,1-4H3,(H,28,30)/t24-/m1/s1. The van der Waals surface area contributed by atoms with Crippen molar-refractivity contribution in [3.63, 3.8) is 0 Å². The van der Waals surface area contributed by atoms with E-state index in [0.717, 1.165) is 27.5 Å². The highest BCUT2D eigenvalue weighted by atomic mass is 32.2. The first-order valence-corrected chi connectivity index (χ1v) is 11.9. The van der Waals surface area contributed by atoms with Gasteiger partial charge in [-0.15, -0.1) is 0 Å². The minimum atomic E-state index is -0.476. The van der Waals surface area contributed by atoms with Crippen LogP contribution in [0.2, 0.25) is 0 Å². The van der Waals surface area contributed by atoms with Crippen LogP contribution in [-0.4, -0.2) is 35.2 Å². The Bertz CT molecular complexity index is 1220. The summed E-state index contributed by atoms with van der Waals surface area (Å²) in [4.78, 5) is 32.1. The molecule has 0 aliphatic carbocycles. The molecular weight excluding hydrogens is 450 g/mol. The Balaban J connectivity index is 1.60. The first kappa shape index (κ1) is 23.6. The molecule has 2 heterocycles. The van der Waals surface area contributed by atoms with Crippen molar-refractivity contribution in [1.82, 2.24) is 4.90 Å². The van der Waals surface area contributed by atoms with Crippen LogP contribution in [0.1, 0.15) is 36.6 Å². The number of benzene rings is 2. The number of hydrogen-bond donors (Lipinski definition) is 1. The number of thioether (sulfide) groups is 1. The second kappa shape index (κ2) is 10.2. The smallest absolute Gasteiger partial charge is 0.338 e. The van der Waals surface area contributed by atoms with E-state index in [4.69, 9.17) is 9.47 Å². The number of nitrogens with one attached hydrogen (secondary N) is 1. The minimum Gasteiger partial charge on any atom is -0.483 e. The SMILES string of the molecule is CCOC(=O)C1=C(C)N=C2SC=CN2[C@@H]1c1ccccc1OCC(=O)Nc1cccc(C)c1C. The number of anilines is 1. The molecule has 0 saturated carbocycles. The maximum absolute atomic E-state index is 12.9. The molecule has 0 spiro atoms.